The predicted octanol–water partition coefficient (Wildman–Crippen LogP) is 14.6. The Morgan fingerprint density at radius 1 is 0.352 bits per heavy atom. The Hall–Kier alpha value is -7.52. The zero-order valence-electron chi connectivity index (χ0n) is 29.1. The monoisotopic (exact) mass is 680 g/mol. The fraction of sp³-hybridized carbons (Fsp3) is 0. The van der Waals surface area contributed by atoms with E-state index in [9.17, 15) is 5.26 Å². The minimum Gasteiger partial charge on any atom is -0.238 e. The molecule has 0 aliphatic heterocycles. The van der Waals surface area contributed by atoms with Crippen molar-refractivity contribution < 1.29 is 0 Å². The third-order valence-electron chi connectivity index (χ3n) is 11.4. The van der Waals surface area contributed by atoms with Crippen LogP contribution >= 0.6 is 0 Å². The van der Waals surface area contributed by atoms with Crippen LogP contribution in [0.2, 0.25) is 0 Å². The molecule has 11 rings (SSSR count). The lowest BCUT2D eigenvalue weighted by Gasteiger charge is -2.16. The van der Waals surface area contributed by atoms with Gasteiger partial charge in [0.05, 0.1) is 18.2 Å². The van der Waals surface area contributed by atoms with Crippen molar-refractivity contribution in [2.24, 2.45) is 0 Å². The first-order valence-electron chi connectivity index (χ1n) is 18.2. The average Bonchev–Trinajstić information content (AvgIpc) is 3.75. The molecule has 0 aromatic heterocycles. The number of benzene rings is 9. The van der Waals surface area contributed by atoms with Gasteiger partial charge in [0.15, 0.2) is 5.69 Å². The van der Waals surface area contributed by atoms with E-state index in [1.165, 1.54) is 86.9 Å². The summed E-state index contributed by atoms with van der Waals surface area (Å²) in [6, 6.07) is 62.9. The van der Waals surface area contributed by atoms with E-state index in [1.807, 2.05) is 48.5 Å². The van der Waals surface area contributed by atoms with Gasteiger partial charge in [-0.3, -0.25) is 0 Å². The summed E-state index contributed by atoms with van der Waals surface area (Å²) in [6.45, 7) is 7.39. The fourth-order valence-electron chi connectivity index (χ4n) is 9.04. The summed E-state index contributed by atoms with van der Waals surface area (Å²) in [7, 11) is 0. The summed E-state index contributed by atoms with van der Waals surface area (Å²) < 4.78 is 0. The molecule has 2 heteroatoms. The summed E-state index contributed by atoms with van der Waals surface area (Å²) in [5, 5.41) is 24.7. The maximum absolute atomic E-state index is 9.36. The summed E-state index contributed by atoms with van der Waals surface area (Å²) in [5.74, 6) is 0. The first-order valence-corrected chi connectivity index (χ1v) is 18.2. The lowest BCUT2D eigenvalue weighted by atomic mass is 9.86. The Morgan fingerprint density at radius 3 is 1.00 bits per heavy atom. The van der Waals surface area contributed by atoms with E-state index < -0.39 is 0 Å². The van der Waals surface area contributed by atoms with E-state index in [0.29, 0.717) is 11.3 Å². The first kappa shape index (κ1) is 30.1. The molecule has 0 fully saturated rings. The molecule has 246 valence electrons. The lowest BCUT2D eigenvalue weighted by molar-refractivity contribution is 1.48. The molecule has 0 saturated heterocycles. The molecule has 11 aromatic carbocycles. The highest BCUT2D eigenvalue weighted by molar-refractivity contribution is 6.46. The van der Waals surface area contributed by atoms with Crippen molar-refractivity contribution in [3.63, 3.8) is 0 Å². The van der Waals surface area contributed by atoms with Crippen molar-refractivity contribution >= 4 is 70.3 Å². The van der Waals surface area contributed by atoms with Crippen LogP contribution in [0.15, 0.2) is 170 Å². The van der Waals surface area contributed by atoms with Gasteiger partial charge in [-0.05, 0) is 121 Å². The second kappa shape index (κ2) is 11.5. The molecule has 54 heavy (non-hydrogen) atoms. The van der Waals surface area contributed by atoms with Crippen LogP contribution in [0.5, 0.6) is 0 Å². The quantitative estimate of drug-likeness (QED) is 0.170. The molecule has 0 unspecified atom stereocenters. The number of hydrogen-bond acceptors (Lipinski definition) is 1. The predicted molar refractivity (Wildman–Crippen MR) is 227 cm³/mol. The largest absolute Gasteiger partial charge is 0.238 e. The molecule has 0 aliphatic rings. The molecule has 0 radical (unpaired) electrons. The van der Waals surface area contributed by atoms with Crippen LogP contribution in [-0.2, 0) is 0 Å². The number of nitriles is 1. The minimum absolute atomic E-state index is 0.646. The summed E-state index contributed by atoms with van der Waals surface area (Å²) >= 11 is 0. The maximum Gasteiger partial charge on any atom is 0.187 e. The van der Waals surface area contributed by atoms with Gasteiger partial charge >= 0.3 is 0 Å². The van der Waals surface area contributed by atoms with Crippen molar-refractivity contribution in [2.75, 3.05) is 0 Å². The average molecular weight is 681 g/mol. The Balaban J connectivity index is 1.28. The van der Waals surface area contributed by atoms with E-state index in [2.05, 4.69) is 132 Å². The van der Waals surface area contributed by atoms with Gasteiger partial charge in [-0.25, -0.2) is 4.85 Å². The smallest absolute Gasteiger partial charge is 0.187 e. The van der Waals surface area contributed by atoms with Crippen molar-refractivity contribution in [3.05, 3.63) is 187 Å². The zero-order valence-corrected chi connectivity index (χ0v) is 29.1. The second-order valence-electron chi connectivity index (χ2n) is 14.2. The summed E-state index contributed by atoms with van der Waals surface area (Å²) in [4.78, 5) is 3.58. The Bertz CT molecular complexity index is 3000. The first-order chi connectivity index (χ1) is 26.7. The third-order valence-corrected chi connectivity index (χ3v) is 11.4. The van der Waals surface area contributed by atoms with Gasteiger partial charge in [-0.15, -0.1) is 0 Å². The molecule has 0 saturated carbocycles. The lowest BCUT2D eigenvalue weighted by Crippen LogP contribution is -1.89. The molecule has 0 spiro atoms. The highest BCUT2D eigenvalue weighted by atomic mass is 14.6. The van der Waals surface area contributed by atoms with Crippen LogP contribution in [0, 0.1) is 17.9 Å². The second-order valence-corrected chi connectivity index (χ2v) is 14.2. The van der Waals surface area contributed by atoms with Crippen LogP contribution in [0.4, 0.5) is 5.69 Å². The normalized spacial score (nSPS) is 11.7. The maximum atomic E-state index is 9.36. The Morgan fingerprint density at radius 2 is 0.667 bits per heavy atom. The molecule has 0 atom stereocenters. The number of rotatable bonds is 4. The summed E-state index contributed by atoms with van der Waals surface area (Å²) in [5.41, 5.74) is 10.6. The van der Waals surface area contributed by atoms with Crippen molar-refractivity contribution in [1.29, 1.82) is 5.26 Å². The number of hydrogen-bond donors (Lipinski definition) is 0. The van der Waals surface area contributed by atoms with Crippen LogP contribution in [0.25, 0.3) is 114 Å². The molecule has 11 aromatic rings. The van der Waals surface area contributed by atoms with Gasteiger partial charge in [0, 0.05) is 0 Å². The van der Waals surface area contributed by atoms with Crippen molar-refractivity contribution in [2.45, 2.75) is 0 Å². The summed E-state index contributed by atoms with van der Waals surface area (Å²) in [6.07, 6.45) is 0. The van der Waals surface area contributed by atoms with Gasteiger partial charge < -0.3 is 0 Å². The van der Waals surface area contributed by atoms with Gasteiger partial charge in [0.1, 0.15) is 0 Å². The highest BCUT2D eigenvalue weighted by Crippen LogP contribution is 2.55. The van der Waals surface area contributed by atoms with Crippen molar-refractivity contribution in [3.8, 4) is 50.6 Å². The standard InChI is InChI=1S/C52H28N2/c1-54-40-28-26-35(27-29-40)34-20-24-39(25-21-34)48-51-43-12-4-8-36-6-2-10-41(45(36)43)49(51)47(38-22-18-33(19-23-38)32-16-14-31(30-53)15-17-32)50-42-11-3-7-37-9-5-13-44(46(37)42)52(48)50/h2-29H. The topological polar surface area (TPSA) is 28.1 Å². The minimum atomic E-state index is 0.646. The van der Waals surface area contributed by atoms with Crippen LogP contribution in [-0.4, -0.2) is 0 Å². The molecule has 0 aliphatic carbocycles. The van der Waals surface area contributed by atoms with Gasteiger partial charge in [0.25, 0.3) is 0 Å². The zero-order chi connectivity index (χ0) is 35.9. The highest BCUT2D eigenvalue weighted by Gasteiger charge is 2.27. The fourth-order valence-corrected chi connectivity index (χ4v) is 9.04. The van der Waals surface area contributed by atoms with Gasteiger partial charge in [-0.2, -0.15) is 5.26 Å². The molecular weight excluding hydrogens is 653 g/mol. The van der Waals surface area contributed by atoms with E-state index in [4.69, 9.17) is 6.57 Å². The Kier molecular flexibility index (Phi) is 6.41. The van der Waals surface area contributed by atoms with Crippen LogP contribution < -0.4 is 0 Å². The van der Waals surface area contributed by atoms with Gasteiger partial charge in [-0.1, -0.05) is 158 Å². The van der Waals surface area contributed by atoms with E-state index in [0.717, 1.165) is 22.3 Å². The van der Waals surface area contributed by atoms with E-state index >= 15 is 0 Å². The number of nitrogens with zero attached hydrogens (tertiary/aromatic N) is 2. The van der Waals surface area contributed by atoms with E-state index in [1.54, 1.807) is 0 Å². The number of fused-ring (bicyclic) bond motifs is 6. The molecular formula is C52H28N2. The molecule has 0 amide bonds. The molecule has 0 bridgehead atoms. The van der Waals surface area contributed by atoms with Crippen molar-refractivity contribution in [1.82, 2.24) is 0 Å². The SMILES string of the molecule is [C-]#[N+]c1ccc(-c2ccc(-c3c4c5cccc6cccc(c4c(-c4ccc(-c7ccc(C#N)cc7)cc4)c4c7cccc8cccc(c34)c87)c65)cc2)cc1. The van der Waals surface area contributed by atoms with Gasteiger partial charge in [0.2, 0.25) is 0 Å². The van der Waals surface area contributed by atoms with Crippen LogP contribution in [0.3, 0.4) is 0 Å². The molecule has 0 heterocycles. The Labute approximate surface area is 311 Å². The molecule has 0 N–H and O–H groups in total. The third kappa shape index (κ3) is 4.26. The molecule has 2 nitrogen and oxygen atoms in total. The van der Waals surface area contributed by atoms with E-state index in [-0.39, 0.29) is 0 Å². The van der Waals surface area contributed by atoms with Crippen LogP contribution in [0.1, 0.15) is 5.56 Å².